The summed E-state index contributed by atoms with van der Waals surface area (Å²) in [5.74, 6) is 3.21. The van der Waals surface area contributed by atoms with Crippen LogP contribution in [0, 0.1) is 5.92 Å². The van der Waals surface area contributed by atoms with Crippen LogP contribution < -0.4 is 19.7 Å². The number of benzene rings is 1. The van der Waals surface area contributed by atoms with E-state index in [-0.39, 0.29) is 18.0 Å². The molecule has 1 unspecified atom stereocenters. The summed E-state index contributed by atoms with van der Waals surface area (Å²) in [5.41, 5.74) is 0.984. The van der Waals surface area contributed by atoms with Crippen LogP contribution in [0.25, 0.3) is 0 Å². The van der Waals surface area contributed by atoms with Crippen molar-refractivity contribution in [1.82, 2.24) is 20.1 Å². The van der Waals surface area contributed by atoms with Gasteiger partial charge in [0.25, 0.3) is 0 Å². The minimum Gasteiger partial charge on any atom is -0.454 e. The molecule has 1 N–H and O–H groups in total. The van der Waals surface area contributed by atoms with Gasteiger partial charge in [-0.1, -0.05) is 24.8 Å². The number of amides is 1. The lowest BCUT2D eigenvalue weighted by molar-refractivity contribution is -0.120. The maximum atomic E-state index is 12.7. The molecule has 31 heavy (non-hydrogen) atoms. The molecule has 1 saturated carbocycles. The first-order valence-corrected chi connectivity index (χ1v) is 12.0. The van der Waals surface area contributed by atoms with Crippen molar-refractivity contribution in [3.63, 3.8) is 0 Å². The molecule has 1 aromatic heterocycles. The minimum atomic E-state index is -0.259. The summed E-state index contributed by atoms with van der Waals surface area (Å²) in [5, 5.41) is 12.6. The van der Waals surface area contributed by atoms with Crippen LogP contribution in [0.4, 0.5) is 5.95 Å². The molecular weight excluding hydrogens is 414 g/mol. The summed E-state index contributed by atoms with van der Waals surface area (Å²) < 4.78 is 13.0. The maximum absolute atomic E-state index is 12.7. The average Bonchev–Trinajstić information content (AvgIpc) is 3.36. The predicted octanol–water partition coefficient (Wildman–Crippen LogP) is 3.38. The van der Waals surface area contributed by atoms with Crippen LogP contribution in [0.15, 0.2) is 23.4 Å². The van der Waals surface area contributed by atoms with Gasteiger partial charge in [-0.05, 0) is 56.2 Å². The zero-order chi connectivity index (χ0) is 21.4. The second kappa shape index (κ2) is 8.61. The molecule has 2 fully saturated rings. The van der Waals surface area contributed by atoms with E-state index in [1.54, 1.807) is 0 Å². The lowest BCUT2D eigenvalue weighted by Crippen LogP contribution is -2.35. The standard InChI is InChI=1S/C22H29N5O3S/c1-14-7-9-26(10-8-14)21-24-25-22(27(21)17-4-5-17)31-15(2)20(28)23-12-16-3-6-18-19(11-16)30-13-29-18/h3,6,11,14-15,17H,4-5,7-10,12-13H2,1-2H3,(H,23,28). The number of rotatable bonds is 7. The molecule has 0 radical (unpaired) electrons. The Hall–Kier alpha value is -2.42. The van der Waals surface area contributed by atoms with E-state index >= 15 is 0 Å². The Balaban J connectivity index is 1.21. The lowest BCUT2D eigenvalue weighted by Gasteiger charge is -2.31. The third-order valence-electron chi connectivity index (χ3n) is 6.18. The van der Waals surface area contributed by atoms with Crippen LogP contribution in [-0.4, -0.2) is 45.8 Å². The van der Waals surface area contributed by atoms with Crippen molar-refractivity contribution in [1.29, 1.82) is 0 Å². The van der Waals surface area contributed by atoms with Crippen LogP contribution in [0.1, 0.15) is 51.1 Å². The number of ether oxygens (including phenoxy) is 2. The van der Waals surface area contributed by atoms with E-state index in [1.165, 1.54) is 24.6 Å². The van der Waals surface area contributed by atoms with Crippen molar-refractivity contribution in [2.45, 2.75) is 62.5 Å². The number of piperidine rings is 1. The largest absolute Gasteiger partial charge is 0.454 e. The van der Waals surface area contributed by atoms with Gasteiger partial charge in [-0.25, -0.2) is 0 Å². The molecule has 0 spiro atoms. The Labute approximate surface area is 186 Å². The van der Waals surface area contributed by atoms with Gasteiger partial charge in [-0.3, -0.25) is 9.36 Å². The molecule has 8 nitrogen and oxygen atoms in total. The van der Waals surface area contributed by atoms with E-state index in [4.69, 9.17) is 9.47 Å². The second-order valence-electron chi connectivity index (χ2n) is 8.72. The molecule has 5 rings (SSSR count). The first kappa shape index (κ1) is 20.5. The van der Waals surface area contributed by atoms with Crippen LogP contribution >= 0.6 is 11.8 Å². The van der Waals surface area contributed by atoms with Gasteiger partial charge in [0.05, 0.1) is 5.25 Å². The van der Waals surface area contributed by atoms with Gasteiger partial charge in [0, 0.05) is 25.7 Å². The molecular formula is C22H29N5O3S. The lowest BCUT2D eigenvalue weighted by atomic mass is 10.00. The molecule has 1 amide bonds. The first-order chi connectivity index (χ1) is 15.1. The normalized spacial score (nSPS) is 19.5. The fraction of sp³-hybridized carbons (Fsp3) is 0.591. The topological polar surface area (TPSA) is 81.5 Å². The number of anilines is 1. The van der Waals surface area contributed by atoms with Gasteiger partial charge < -0.3 is 19.7 Å². The zero-order valence-corrected chi connectivity index (χ0v) is 18.9. The highest BCUT2D eigenvalue weighted by atomic mass is 32.2. The minimum absolute atomic E-state index is 0.0126. The molecule has 1 aliphatic carbocycles. The van der Waals surface area contributed by atoms with Crippen molar-refractivity contribution in [3.05, 3.63) is 23.8 Å². The molecule has 166 valence electrons. The van der Waals surface area contributed by atoms with E-state index in [1.807, 2.05) is 25.1 Å². The number of aromatic nitrogens is 3. The van der Waals surface area contributed by atoms with E-state index in [9.17, 15) is 4.79 Å². The zero-order valence-electron chi connectivity index (χ0n) is 18.0. The second-order valence-corrected chi connectivity index (χ2v) is 10.0. The van der Waals surface area contributed by atoms with E-state index in [2.05, 4.69) is 31.9 Å². The van der Waals surface area contributed by atoms with Gasteiger partial charge in [0.15, 0.2) is 16.7 Å². The van der Waals surface area contributed by atoms with Crippen molar-refractivity contribution in [2.24, 2.45) is 5.92 Å². The highest BCUT2D eigenvalue weighted by molar-refractivity contribution is 8.00. The van der Waals surface area contributed by atoms with Gasteiger partial charge in [-0.15, -0.1) is 10.2 Å². The summed E-state index contributed by atoms with van der Waals surface area (Å²) in [7, 11) is 0. The number of nitrogens with zero attached hydrogens (tertiary/aromatic N) is 4. The summed E-state index contributed by atoms with van der Waals surface area (Å²) in [4.78, 5) is 15.1. The smallest absolute Gasteiger partial charge is 0.233 e. The predicted molar refractivity (Wildman–Crippen MR) is 119 cm³/mol. The van der Waals surface area contributed by atoms with Crippen molar-refractivity contribution in [2.75, 3.05) is 24.8 Å². The highest BCUT2D eigenvalue weighted by Gasteiger charge is 2.33. The first-order valence-electron chi connectivity index (χ1n) is 11.1. The molecule has 0 bridgehead atoms. The Bertz CT molecular complexity index is 953. The number of nitrogens with one attached hydrogen (secondary N) is 1. The third-order valence-corrected chi connectivity index (χ3v) is 7.24. The van der Waals surface area contributed by atoms with Gasteiger partial charge in [0.2, 0.25) is 18.6 Å². The van der Waals surface area contributed by atoms with Crippen molar-refractivity contribution < 1.29 is 14.3 Å². The van der Waals surface area contributed by atoms with Gasteiger partial charge >= 0.3 is 0 Å². The van der Waals surface area contributed by atoms with Crippen molar-refractivity contribution >= 4 is 23.6 Å². The van der Waals surface area contributed by atoms with Crippen LogP contribution in [-0.2, 0) is 11.3 Å². The summed E-state index contributed by atoms with van der Waals surface area (Å²) >= 11 is 1.49. The SMILES string of the molecule is CC1CCN(c2nnc(SC(C)C(=O)NCc3ccc4c(c3)OCO4)n2C2CC2)CC1. The van der Waals surface area contributed by atoms with E-state index in [0.717, 1.165) is 60.0 Å². The van der Waals surface area contributed by atoms with Gasteiger partial charge in [0.1, 0.15) is 0 Å². The van der Waals surface area contributed by atoms with E-state index < -0.39 is 0 Å². The van der Waals surface area contributed by atoms with Crippen LogP contribution in [0.3, 0.4) is 0 Å². The fourth-order valence-electron chi connectivity index (χ4n) is 4.02. The van der Waals surface area contributed by atoms with E-state index in [0.29, 0.717) is 12.6 Å². The Morgan fingerprint density at radius 1 is 1.19 bits per heavy atom. The monoisotopic (exact) mass is 443 g/mol. The molecule has 2 aromatic rings. The Kier molecular flexibility index (Phi) is 5.69. The third kappa shape index (κ3) is 4.46. The number of hydrogen-bond acceptors (Lipinski definition) is 7. The Morgan fingerprint density at radius 2 is 1.97 bits per heavy atom. The van der Waals surface area contributed by atoms with Crippen LogP contribution in [0.5, 0.6) is 11.5 Å². The molecule has 1 atom stereocenters. The molecule has 9 heteroatoms. The Morgan fingerprint density at radius 3 is 2.74 bits per heavy atom. The average molecular weight is 444 g/mol. The number of carbonyl (C=O) groups excluding carboxylic acids is 1. The highest BCUT2D eigenvalue weighted by Crippen LogP contribution is 2.42. The number of carbonyl (C=O) groups is 1. The summed E-state index contributed by atoms with van der Waals surface area (Å²) in [6.45, 7) is 7.00. The van der Waals surface area contributed by atoms with Crippen LogP contribution in [0.2, 0.25) is 0 Å². The molecule has 3 aliphatic rings. The molecule has 1 saturated heterocycles. The quantitative estimate of drug-likeness (QED) is 0.657. The molecule has 2 aliphatic heterocycles. The number of hydrogen-bond donors (Lipinski definition) is 1. The maximum Gasteiger partial charge on any atom is 0.233 e. The summed E-state index contributed by atoms with van der Waals surface area (Å²) in [6, 6.07) is 6.20. The summed E-state index contributed by atoms with van der Waals surface area (Å²) in [6.07, 6.45) is 4.71. The van der Waals surface area contributed by atoms with Gasteiger partial charge in [-0.2, -0.15) is 0 Å². The number of thioether (sulfide) groups is 1. The fourth-order valence-corrected chi connectivity index (χ4v) is 4.96. The van der Waals surface area contributed by atoms with Crippen molar-refractivity contribution in [3.8, 4) is 11.5 Å². The molecule has 3 heterocycles. The number of fused-ring (bicyclic) bond motifs is 1. The molecule has 1 aromatic carbocycles.